The van der Waals surface area contributed by atoms with Crippen LogP contribution in [0.4, 0.5) is 4.39 Å². The Morgan fingerprint density at radius 1 is 1.04 bits per heavy atom. The van der Waals surface area contributed by atoms with Crippen molar-refractivity contribution in [3.05, 3.63) is 65.5 Å². The molecule has 1 aliphatic heterocycles. The molecule has 4 rings (SSSR count). The first-order valence-corrected chi connectivity index (χ1v) is 9.63. The number of hydrogen-bond acceptors (Lipinski definition) is 4. The lowest BCUT2D eigenvalue weighted by atomic mass is 9.78. The molecule has 5 nitrogen and oxygen atoms in total. The number of carboxylic acids is 1. The minimum absolute atomic E-state index is 0.276. The molecule has 0 radical (unpaired) electrons. The summed E-state index contributed by atoms with van der Waals surface area (Å²) < 4.78 is 19.0. The molecule has 4 atom stereocenters. The van der Waals surface area contributed by atoms with Crippen LogP contribution in [0, 0.1) is 17.7 Å². The third-order valence-corrected chi connectivity index (χ3v) is 5.87. The van der Waals surface area contributed by atoms with Crippen LogP contribution < -0.4 is 4.74 Å². The number of carbonyl (C=O) groups is 1. The van der Waals surface area contributed by atoms with Crippen molar-refractivity contribution in [3.8, 4) is 5.75 Å². The first-order valence-electron chi connectivity index (χ1n) is 9.63. The number of ether oxygens (including phenoxy) is 1. The number of rotatable bonds is 5. The second-order valence-corrected chi connectivity index (χ2v) is 7.87. The molecule has 1 aliphatic carbocycles. The molecule has 148 valence electrons. The minimum atomic E-state index is -0.917. The molecule has 0 aromatic heterocycles. The quantitative estimate of drug-likeness (QED) is 0.827. The van der Waals surface area contributed by atoms with Gasteiger partial charge in [0.15, 0.2) is 0 Å². The molecule has 0 amide bonds. The fourth-order valence-electron chi connectivity index (χ4n) is 4.44. The number of aliphatic hydroxyl groups is 1. The van der Waals surface area contributed by atoms with Crippen LogP contribution >= 0.6 is 0 Å². The summed E-state index contributed by atoms with van der Waals surface area (Å²) in [6.07, 6.45) is 0.672. The predicted octanol–water partition coefficient (Wildman–Crippen LogP) is 3.17. The lowest BCUT2D eigenvalue weighted by Gasteiger charge is -2.35. The largest absolute Gasteiger partial charge is 0.488 e. The Hall–Kier alpha value is -2.44. The average molecular weight is 385 g/mol. The normalized spacial score (nSPS) is 27.4. The predicted molar refractivity (Wildman–Crippen MR) is 102 cm³/mol. The molecule has 0 bridgehead atoms. The van der Waals surface area contributed by atoms with E-state index in [0.717, 1.165) is 31.6 Å². The monoisotopic (exact) mass is 385 g/mol. The van der Waals surface area contributed by atoms with Gasteiger partial charge in [0.2, 0.25) is 0 Å². The number of fused-ring (bicyclic) bond motifs is 1. The van der Waals surface area contributed by atoms with Gasteiger partial charge in [-0.25, -0.2) is 9.18 Å². The third-order valence-electron chi connectivity index (χ3n) is 5.87. The highest BCUT2D eigenvalue weighted by molar-refractivity contribution is 5.87. The molecule has 0 unspecified atom stereocenters. The minimum Gasteiger partial charge on any atom is -0.488 e. The van der Waals surface area contributed by atoms with Crippen LogP contribution in [-0.4, -0.2) is 46.4 Å². The Morgan fingerprint density at radius 3 is 2.32 bits per heavy atom. The van der Waals surface area contributed by atoms with Crippen LogP contribution in [0.5, 0.6) is 5.75 Å². The number of hydrogen-bond donors (Lipinski definition) is 2. The maximum absolute atomic E-state index is 13.1. The van der Waals surface area contributed by atoms with Gasteiger partial charge in [-0.2, -0.15) is 0 Å². The smallest absolute Gasteiger partial charge is 0.335 e. The molecule has 1 saturated heterocycles. The van der Waals surface area contributed by atoms with Gasteiger partial charge in [-0.15, -0.1) is 0 Å². The first-order chi connectivity index (χ1) is 13.5. The van der Waals surface area contributed by atoms with Gasteiger partial charge < -0.3 is 14.9 Å². The van der Waals surface area contributed by atoms with Gasteiger partial charge in [0, 0.05) is 19.6 Å². The molecular formula is C22H24FNO4. The summed E-state index contributed by atoms with van der Waals surface area (Å²) in [6, 6.07) is 12.9. The number of carboxylic acid groups (broad SMARTS) is 1. The van der Waals surface area contributed by atoms with Gasteiger partial charge >= 0.3 is 5.97 Å². The van der Waals surface area contributed by atoms with Gasteiger partial charge in [0.1, 0.15) is 17.7 Å². The highest BCUT2D eigenvalue weighted by Gasteiger charge is 2.42. The molecule has 2 aliphatic rings. The number of aromatic carboxylic acids is 1. The second kappa shape index (κ2) is 7.89. The van der Waals surface area contributed by atoms with Gasteiger partial charge in [0.25, 0.3) is 0 Å². The van der Waals surface area contributed by atoms with Crippen molar-refractivity contribution in [3.63, 3.8) is 0 Å². The number of aliphatic hydroxyl groups excluding tert-OH is 1. The molecule has 2 N–H and O–H groups in total. The maximum atomic E-state index is 13.1. The summed E-state index contributed by atoms with van der Waals surface area (Å²) in [4.78, 5) is 13.3. The van der Waals surface area contributed by atoms with Crippen LogP contribution in [0.2, 0.25) is 0 Å². The van der Waals surface area contributed by atoms with E-state index < -0.39 is 12.1 Å². The molecule has 1 saturated carbocycles. The summed E-state index contributed by atoms with van der Waals surface area (Å²) in [6.45, 7) is 2.62. The molecule has 6 heteroatoms. The number of benzene rings is 2. The van der Waals surface area contributed by atoms with Crippen molar-refractivity contribution in [1.29, 1.82) is 0 Å². The van der Waals surface area contributed by atoms with E-state index in [9.17, 15) is 14.3 Å². The van der Waals surface area contributed by atoms with E-state index in [1.165, 1.54) is 12.1 Å². The average Bonchev–Trinajstić information content (AvgIpc) is 3.05. The van der Waals surface area contributed by atoms with Crippen molar-refractivity contribution in [2.45, 2.75) is 31.6 Å². The zero-order valence-corrected chi connectivity index (χ0v) is 15.5. The Kier molecular flexibility index (Phi) is 5.33. The summed E-state index contributed by atoms with van der Waals surface area (Å²) in [5, 5.41) is 19.5. The third kappa shape index (κ3) is 4.18. The molecule has 2 fully saturated rings. The van der Waals surface area contributed by atoms with Crippen LogP contribution in [-0.2, 0) is 6.54 Å². The summed E-state index contributed by atoms with van der Waals surface area (Å²) >= 11 is 0. The van der Waals surface area contributed by atoms with Crippen molar-refractivity contribution >= 4 is 5.97 Å². The topological polar surface area (TPSA) is 70.0 Å². The Bertz CT molecular complexity index is 823. The Balaban J connectivity index is 1.35. The summed E-state index contributed by atoms with van der Waals surface area (Å²) in [7, 11) is 0. The van der Waals surface area contributed by atoms with E-state index in [4.69, 9.17) is 9.84 Å². The van der Waals surface area contributed by atoms with Crippen molar-refractivity contribution in [2.75, 3.05) is 13.1 Å². The zero-order valence-electron chi connectivity index (χ0n) is 15.5. The van der Waals surface area contributed by atoms with Crippen molar-refractivity contribution in [2.24, 2.45) is 11.8 Å². The maximum Gasteiger partial charge on any atom is 0.335 e. The van der Waals surface area contributed by atoms with Gasteiger partial charge in [-0.3, -0.25) is 4.90 Å². The van der Waals surface area contributed by atoms with E-state index in [2.05, 4.69) is 4.90 Å². The first kappa shape index (κ1) is 18.9. The Labute approximate surface area is 163 Å². The fourth-order valence-corrected chi connectivity index (χ4v) is 4.44. The highest BCUT2D eigenvalue weighted by Crippen LogP contribution is 2.38. The van der Waals surface area contributed by atoms with E-state index in [1.807, 2.05) is 12.1 Å². The summed E-state index contributed by atoms with van der Waals surface area (Å²) in [5.74, 6) is 0.241. The molecule has 28 heavy (non-hydrogen) atoms. The highest BCUT2D eigenvalue weighted by atomic mass is 19.1. The molecule has 0 spiro atoms. The lowest BCUT2D eigenvalue weighted by molar-refractivity contribution is -0.0231. The number of halogens is 1. The number of likely N-dealkylation sites (tertiary alicyclic amines) is 1. The van der Waals surface area contributed by atoms with E-state index in [0.29, 0.717) is 29.6 Å². The van der Waals surface area contributed by atoms with Crippen LogP contribution in [0.1, 0.15) is 28.8 Å². The van der Waals surface area contributed by atoms with Crippen LogP contribution in [0.15, 0.2) is 48.5 Å². The molecule has 2 aromatic carbocycles. The summed E-state index contributed by atoms with van der Waals surface area (Å²) in [5.41, 5.74) is 1.38. The SMILES string of the molecule is O=C(O)c1ccc(CN2C[C@H]3C[C@@H](Oc4ccc(F)cc4)[C@H](O)C[C@H]3C2)cc1. The second-order valence-electron chi connectivity index (χ2n) is 7.87. The lowest BCUT2D eigenvalue weighted by Crippen LogP contribution is -2.42. The van der Waals surface area contributed by atoms with Gasteiger partial charge in [-0.1, -0.05) is 12.1 Å². The van der Waals surface area contributed by atoms with Crippen LogP contribution in [0.25, 0.3) is 0 Å². The Morgan fingerprint density at radius 2 is 1.68 bits per heavy atom. The van der Waals surface area contributed by atoms with Crippen molar-refractivity contribution in [1.82, 2.24) is 4.90 Å². The van der Waals surface area contributed by atoms with E-state index in [-0.39, 0.29) is 11.9 Å². The van der Waals surface area contributed by atoms with E-state index in [1.54, 1.807) is 24.3 Å². The molecule has 2 aromatic rings. The van der Waals surface area contributed by atoms with Crippen LogP contribution in [0.3, 0.4) is 0 Å². The number of nitrogens with zero attached hydrogens (tertiary/aromatic N) is 1. The van der Waals surface area contributed by atoms with E-state index >= 15 is 0 Å². The van der Waals surface area contributed by atoms with Gasteiger partial charge in [-0.05, 0) is 66.6 Å². The zero-order chi connectivity index (χ0) is 19.7. The van der Waals surface area contributed by atoms with Crippen molar-refractivity contribution < 1.29 is 24.1 Å². The van der Waals surface area contributed by atoms with Gasteiger partial charge in [0.05, 0.1) is 11.7 Å². The molecule has 1 heterocycles. The standard InChI is InChI=1S/C22H24FNO4/c23-18-5-7-19(8-6-18)28-21-10-17-13-24(12-16(17)9-20(21)25)11-14-1-3-15(4-2-14)22(26)27/h1-8,16-17,20-21,25H,9-13H2,(H,26,27)/t16-,17+,20+,21+/m0/s1. The fraction of sp³-hybridized carbons (Fsp3) is 0.409. The molecular weight excluding hydrogens is 361 g/mol.